The van der Waals surface area contributed by atoms with Gasteiger partial charge in [-0.3, -0.25) is 33.6 Å². The van der Waals surface area contributed by atoms with Gasteiger partial charge in [0, 0.05) is 129 Å². The number of nitrogens with one attached hydrogen (secondary N) is 9. The number of primary amides is 1. The number of ether oxygens (including phenoxy) is 4. The molecular formula is C69H92BrN13O14. The van der Waals surface area contributed by atoms with E-state index < -0.39 is 59.2 Å². The van der Waals surface area contributed by atoms with E-state index in [4.69, 9.17) is 24.7 Å². The number of alkyl carbamates (subject to hydrolysis) is 1. The lowest BCUT2D eigenvalue weighted by Crippen LogP contribution is -2.54. The summed E-state index contributed by atoms with van der Waals surface area (Å²) in [6, 6.07) is 20.9. The maximum absolute atomic E-state index is 14.4. The van der Waals surface area contributed by atoms with Crippen LogP contribution in [0.2, 0.25) is 0 Å². The lowest BCUT2D eigenvalue weighted by Gasteiger charge is -2.31. The number of aldehydes is 1. The number of anilines is 2. The Morgan fingerprint density at radius 3 is 2.24 bits per heavy atom. The maximum atomic E-state index is 14.4. The van der Waals surface area contributed by atoms with Crippen molar-refractivity contribution < 1.29 is 66.9 Å². The molecule has 1 fully saturated rings. The van der Waals surface area contributed by atoms with Crippen molar-refractivity contribution >= 4 is 109 Å². The van der Waals surface area contributed by atoms with E-state index >= 15 is 0 Å². The number of carbonyl (C=O) groups excluding carboxylic acids is 10. The topological polar surface area (TPSA) is 355 Å². The molecule has 28 heteroatoms. The SMILES string of the molecule is CC(C)[C@H](NCCNC(=O)CCC(C)(C)OCCC(C)(C)NC(=O)CCNC(=O)/C=C\C=O)C(=O)N[C@@H](CCCNC(N)=O)C(=O)Nc1ccc(COC(=O)NCCOc2ccc3[nH]c(C(=O)N4C[C@@H](CBr)c5c4cc(OC(=O)N4CCN(C)CC4)c4ccccc54)cc3c2)cc1. The number of fused-ring (bicyclic) bond motifs is 4. The molecule has 524 valence electrons. The Hall–Kier alpha value is -9.12. The Labute approximate surface area is 573 Å². The highest BCUT2D eigenvalue weighted by Crippen LogP contribution is 2.46. The third-order valence-electron chi connectivity index (χ3n) is 16.6. The second-order valence-corrected chi connectivity index (χ2v) is 26.2. The number of piperazine rings is 1. The van der Waals surface area contributed by atoms with Crippen LogP contribution in [0, 0.1) is 5.92 Å². The molecule has 4 aromatic carbocycles. The normalized spacial score (nSPS) is 14.7. The van der Waals surface area contributed by atoms with Crippen LogP contribution in [-0.4, -0.2) is 189 Å². The molecule has 0 spiro atoms. The first-order valence-corrected chi connectivity index (χ1v) is 33.8. The quantitative estimate of drug-likeness (QED) is 0.00929. The van der Waals surface area contributed by atoms with Crippen LogP contribution in [0.3, 0.4) is 0 Å². The molecule has 0 radical (unpaired) electrons. The number of aromatic amines is 1. The minimum atomic E-state index is -1.02. The monoisotopic (exact) mass is 1410 g/mol. The Kier molecular flexibility index (Phi) is 28.2. The average molecular weight is 1410 g/mol. The molecule has 0 unspecified atom stereocenters. The van der Waals surface area contributed by atoms with Gasteiger partial charge in [-0.15, -0.1) is 0 Å². The Balaban J connectivity index is 0.819. The van der Waals surface area contributed by atoms with E-state index in [9.17, 15) is 47.9 Å². The van der Waals surface area contributed by atoms with E-state index in [-0.39, 0.29) is 94.8 Å². The fourth-order valence-electron chi connectivity index (χ4n) is 11.1. The summed E-state index contributed by atoms with van der Waals surface area (Å²) in [7, 11) is 2.02. The summed E-state index contributed by atoms with van der Waals surface area (Å²) in [6.45, 7) is 15.4. The number of nitrogens with zero attached hydrogens (tertiary/aromatic N) is 3. The van der Waals surface area contributed by atoms with Crippen LogP contribution in [0.1, 0.15) is 108 Å². The third kappa shape index (κ3) is 23.3. The number of rotatable bonds is 35. The second kappa shape index (κ2) is 36.3. The second-order valence-electron chi connectivity index (χ2n) is 25.6. The summed E-state index contributed by atoms with van der Waals surface area (Å²) in [6.07, 6.45) is 3.12. The Morgan fingerprint density at radius 2 is 1.53 bits per heavy atom. The van der Waals surface area contributed by atoms with E-state index in [0.717, 1.165) is 52.5 Å². The van der Waals surface area contributed by atoms with Gasteiger partial charge in [-0.2, -0.15) is 0 Å². The number of halogens is 1. The molecule has 0 bridgehead atoms. The average Bonchev–Trinajstić information content (AvgIpc) is 1.68. The molecule has 2 aliphatic heterocycles. The number of likely N-dealkylation sites (N-methyl/N-ethyl adjacent to an activating group) is 1. The number of benzene rings is 4. The Morgan fingerprint density at radius 1 is 0.784 bits per heavy atom. The molecule has 27 nitrogen and oxygen atoms in total. The van der Waals surface area contributed by atoms with Crippen LogP contribution in [0.15, 0.2) is 91.0 Å². The van der Waals surface area contributed by atoms with Crippen molar-refractivity contribution in [2.75, 3.05) is 101 Å². The Bertz CT molecular complexity index is 3610. The van der Waals surface area contributed by atoms with Crippen LogP contribution in [0.4, 0.5) is 25.8 Å². The first kappa shape index (κ1) is 75.3. The van der Waals surface area contributed by atoms with Gasteiger partial charge < -0.3 is 86.9 Å². The number of aromatic nitrogens is 1. The van der Waals surface area contributed by atoms with Gasteiger partial charge in [-0.1, -0.05) is 66.2 Å². The van der Waals surface area contributed by atoms with Gasteiger partial charge in [0.25, 0.3) is 5.91 Å². The fraction of sp³-hybridized carbons (Fsp3) is 0.478. The number of nitrogens with two attached hydrogens (primary N) is 1. The van der Waals surface area contributed by atoms with Gasteiger partial charge >= 0.3 is 18.2 Å². The standard InChI is InChI=1S/C69H92BrN13O14/c1-44(2)61(74-29-28-73-58(86)22-24-69(5,6)96-36-25-68(3,4)80-59(87)23-27-72-57(85)15-11-35-84)63(89)79-53(14-10-26-75-65(71)91)62(88)77-48-18-16-45(17-19-48)43-95-66(92)76-30-37-94-49-20-21-52-46(38-49)39-54(78-52)64(90)83-42-47(41-70)60-51-13-9-8-12-50(51)56(40-55(60)83)97-67(93)82-33-31-81(7)32-34-82/h8-9,11-13,15-21,35,38-40,44,47,53,61,74,78H,10,14,22-34,36-37,41-43H2,1-7H3,(H,72,85)(H,73,86)(H,76,92)(H,77,88)(H,79,89)(H,80,87)(H3,71,75,91)/b15-11-/t47-,53+,61+/m1/s1. The smallest absolute Gasteiger partial charge is 0.415 e. The van der Waals surface area contributed by atoms with Gasteiger partial charge in [0.15, 0.2) is 0 Å². The number of hydrogen-bond acceptors (Lipinski definition) is 16. The number of carbonyl (C=O) groups is 10. The highest BCUT2D eigenvalue weighted by atomic mass is 79.9. The van der Waals surface area contributed by atoms with Crippen LogP contribution < -0.4 is 62.6 Å². The number of allylic oxidation sites excluding steroid dienone is 1. The predicted molar refractivity (Wildman–Crippen MR) is 372 cm³/mol. The van der Waals surface area contributed by atoms with Crippen molar-refractivity contribution in [2.24, 2.45) is 11.7 Å². The number of amides is 10. The molecule has 7 rings (SSSR count). The minimum Gasteiger partial charge on any atom is -0.492 e. The van der Waals surface area contributed by atoms with Crippen LogP contribution in [0.25, 0.3) is 21.7 Å². The van der Waals surface area contributed by atoms with E-state index in [1.54, 1.807) is 46.2 Å². The van der Waals surface area contributed by atoms with Gasteiger partial charge in [0.05, 0.1) is 23.9 Å². The summed E-state index contributed by atoms with van der Waals surface area (Å²) in [4.78, 5) is 136. The highest BCUT2D eigenvalue weighted by molar-refractivity contribution is 9.09. The fourth-order valence-corrected chi connectivity index (χ4v) is 11.6. The lowest BCUT2D eigenvalue weighted by atomic mass is 9.95. The molecule has 5 aromatic rings. The molecule has 97 heavy (non-hydrogen) atoms. The summed E-state index contributed by atoms with van der Waals surface area (Å²) >= 11 is 3.69. The summed E-state index contributed by atoms with van der Waals surface area (Å²) in [5.74, 6) is -1.44. The molecule has 0 saturated carbocycles. The number of hydrogen-bond donors (Lipinski definition) is 10. The van der Waals surface area contributed by atoms with Crippen LogP contribution in [0.5, 0.6) is 11.5 Å². The van der Waals surface area contributed by atoms with Crippen molar-refractivity contribution in [1.82, 2.24) is 52.0 Å². The predicted octanol–water partition coefficient (Wildman–Crippen LogP) is 6.24. The van der Waals surface area contributed by atoms with Crippen LogP contribution >= 0.6 is 15.9 Å². The summed E-state index contributed by atoms with van der Waals surface area (Å²) in [5.41, 5.74) is 7.82. The number of H-pyrrole nitrogens is 1. The van der Waals surface area contributed by atoms with Crippen molar-refractivity contribution in [3.63, 3.8) is 0 Å². The van der Waals surface area contributed by atoms with E-state index in [1.165, 1.54) is 0 Å². The van der Waals surface area contributed by atoms with E-state index in [1.807, 2.05) is 91.1 Å². The minimum absolute atomic E-state index is 0.0127. The van der Waals surface area contributed by atoms with E-state index in [2.05, 4.69) is 68.3 Å². The lowest BCUT2D eigenvalue weighted by molar-refractivity contribution is -0.128. The van der Waals surface area contributed by atoms with Gasteiger partial charge in [-0.25, -0.2) is 14.4 Å². The molecule has 1 saturated heterocycles. The van der Waals surface area contributed by atoms with Crippen LogP contribution in [-0.2, 0) is 44.8 Å². The third-order valence-corrected chi connectivity index (χ3v) is 17.3. The zero-order valence-electron chi connectivity index (χ0n) is 56.2. The molecule has 2 aliphatic rings. The zero-order chi connectivity index (χ0) is 70.2. The zero-order valence-corrected chi connectivity index (χ0v) is 57.8. The highest BCUT2D eigenvalue weighted by Gasteiger charge is 2.37. The van der Waals surface area contributed by atoms with E-state index in [0.29, 0.717) is 91.3 Å². The number of alkyl halides is 1. The molecule has 11 N–H and O–H groups in total. The van der Waals surface area contributed by atoms with Crippen molar-refractivity contribution in [2.45, 2.75) is 116 Å². The largest absolute Gasteiger partial charge is 0.492 e. The molecule has 10 amide bonds. The molecule has 3 atom stereocenters. The number of urea groups is 1. The van der Waals surface area contributed by atoms with Gasteiger partial charge in [0.2, 0.25) is 29.5 Å². The summed E-state index contributed by atoms with van der Waals surface area (Å²) in [5, 5.41) is 25.5. The van der Waals surface area contributed by atoms with Crippen molar-refractivity contribution in [3.8, 4) is 11.5 Å². The molecule has 0 aliphatic carbocycles. The van der Waals surface area contributed by atoms with Crippen molar-refractivity contribution in [1.29, 1.82) is 0 Å². The first-order valence-electron chi connectivity index (χ1n) is 32.7. The summed E-state index contributed by atoms with van der Waals surface area (Å²) < 4.78 is 23.6. The molecule has 1 aromatic heterocycles. The van der Waals surface area contributed by atoms with Gasteiger partial charge in [-0.05, 0) is 125 Å². The van der Waals surface area contributed by atoms with Gasteiger partial charge in [0.1, 0.15) is 42.7 Å². The molecular weight excluding hydrogens is 1310 g/mol. The first-order chi connectivity index (χ1) is 46.3. The van der Waals surface area contributed by atoms with Crippen molar-refractivity contribution in [3.05, 3.63) is 108 Å². The maximum Gasteiger partial charge on any atom is 0.415 e. The molecule has 3 heterocycles.